The summed E-state index contributed by atoms with van der Waals surface area (Å²) in [4.78, 5) is 18.2. The largest absolute Gasteiger partial charge is 0.469 e. The van der Waals surface area contributed by atoms with E-state index in [2.05, 4.69) is 51.9 Å². The van der Waals surface area contributed by atoms with Gasteiger partial charge < -0.3 is 19.5 Å². The number of carbonyl (C=O) groups excluding carboxylic acids is 1. The number of thiocarbonyl (C=S) groups is 1. The Kier molecular flexibility index (Phi) is 6.11. The Morgan fingerprint density at radius 3 is 2.81 bits per heavy atom. The molecule has 0 amide bonds. The SMILES string of the molecule is COC(=O)CCCN1C(=S)N[C@@H](c2ccccn2)[C@H]1c1cccn1C(C)C. The summed E-state index contributed by atoms with van der Waals surface area (Å²) in [6.07, 6.45) is 4.96. The third-order valence-corrected chi connectivity index (χ3v) is 5.23. The van der Waals surface area contributed by atoms with E-state index < -0.39 is 0 Å². The van der Waals surface area contributed by atoms with Gasteiger partial charge in [-0.2, -0.15) is 0 Å². The van der Waals surface area contributed by atoms with Crippen molar-refractivity contribution in [2.45, 2.75) is 44.8 Å². The summed E-state index contributed by atoms with van der Waals surface area (Å²) < 4.78 is 7.03. The highest BCUT2D eigenvalue weighted by atomic mass is 32.1. The van der Waals surface area contributed by atoms with Gasteiger partial charge in [0.15, 0.2) is 5.11 Å². The van der Waals surface area contributed by atoms with Gasteiger partial charge in [-0.1, -0.05) is 6.07 Å². The number of methoxy groups -OCH3 is 1. The Morgan fingerprint density at radius 2 is 2.15 bits per heavy atom. The molecule has 2 aromatic rings. The maximum atomic E-state index is 11.5. The number of nitrogens with zero attached hydrogens (tertiary/aromatic N) is 3. The molecule has 1 saturated heterocycles. The van der Waals surface area contributed by atoms with Crippen LogP contribution in [0.15, 0.2) is 42.7 Å². The molecule has 0 aromatic carbocycles. The predicted octanol–water partition coefficient (Wildman–Crippen LogP) is 3.39. The molecule has 6 nitrogen and oxygen atoms in total. The number of aromatic nitrogens is 2. The molecule has 0 unspecified atom stereocenters. The van der Waals surface area contributed by atoms with Crippen LogP contribution in [0, 0.1) is 0 Å². The Morgan fingerprint density at radius 1 is 1.33 bits per heavy atom. The van der Waals surface area contributed by atoms with Crippen molar-refractivity contribution in [1.29, 1.82) is 0 Å². The van der Waals surface area contributed by atoms with Crippen LogP contribution in [-0.2, 0) is 9.53 Å². The van der Waals surface area contributed by atoms with Crippen LogP contribution < -0.4 is 5.32 Å². The maximum Gasteiger partial charge on any atom is 0.305 e. The molecule has 7 heteroatoms. The fourth-order valence-corrected chi connectivity index (χ4v) is 3.92. The first-order valence-electron chi connectivity index (χ1n) is 9.24. The molecule has 0 radical (unpaired) electrons. The summed E-state index contributed by atoms with van der Waals surface area (Å²) >= 11 is 5.65. The van der Waals surface area contributed by atoms with Gasteiger partial charge in [0.1, 0.15) is 0 Å². The van der Waals surface area contributed by atoms with E-state index in [0.29, 0.717) is 30.5 Å². The number of pyridine rings is 1. The second-order valence-corrected chi connectivity index (χ2v) is 7.32. The van der Waals surface area contributed by atoms with Crippen LogP contribution in [0.2, 0.25) is 0 Å². The molecular formula is C20H26N4O2S. The summed E-state index contributed by atoms with van der Waals surface area (Å²) in [6.45, 7) is 5.02. The average Bonchev–Trinajstić information content (AvgIpc) is 3.27. The van der Waals surface area contributed by atoms with E-state index in [0.717, 1.165) is 5.69 Å². The Labute approximate surface area is 165 Å². The zero-order valence-electron chi connectivity index (χ0n) is 16.0. The fourth-order valence-electron chi connectivity index (χ4n) is 3.59. The average molecular weight is 387 g/mol. The van der Waals surface area contributed by atoms with Gasteiger partial charge >= 0.3 is 5.97 Å². The van der Waals surface area contributed by atoms with Gasteiger partial charge in [-0.15, -0.1) is 0 Å². The van der Waals surface area contributed by atoms with E-state index in [1.54, 1.807) is 6.20 Å². The Bertz CT molecular complexity index is 790. The van der Waals surface area contributed by atoms with Crippen molar-refractivity contribution in [3.05, 3.63) is 54.1 Å². The van der Waals surface area contributed by atoms with Crippen molar-refractivity contribution in [3.8, 4) is 0 Å². The first kappa shape index (κ1) is 19.4. The summed E-state index contributed by atoms with van der Waals surface area (Å²) in [5, 5.41) is 4.13. The van der Waals surface area contributed by atoms with E-state index in [-0.39, 0.29) is 18.1 Å². The van der Waals surface area contributed by atoms with E-state index >= 15 is 0 Å². The van der Waals surface area contributed by atoms with Gasteiger partial charge in [0.25, 0.3) is 0 Å². The molecule has 2 atom stereocenters. The van der Waals surface area contributed by atoms with E-state index in [1.807, 2.05) is 18.2 Å². The first-order valence-corrected chi connectivity index (χ1v) is 9.65. The molecule has 1 fully saturated rings. The molecular weight excluding hydrogens is 360 g/mol. The summed E-state index contributed by atoms with van der Waals surface area (Å²) in [7, 11) is 1.42. The first-order chi connectivity index (χ1) is 13.0. The molecule has 0 bridgehead atoms. The van der Waals surface area contributed by atoms with E-state index in [9.17, 15) is 4.79 Å². The van der Waals surface area contributed by atoms with Gasteiger partial charge in [0, 0.05) is 37.1 Å². The molecule has 0 spiro atoms. The van der Waals surface area contributed by atoms with Crippen LogP contribution in [-0.4, -0.2) is 39.2 Å². The normalized spacial score (nSPS) is 19.4. The number of hydrogen-bond acceptors (Lipinski definition) is 4. The van der Waals surface area contributed by atoms with Crippen LogP contribution in [0.1, 0.15) is 56.2 Å². The van der Waals surface area contributed by atoms with Crippen LogP contribution in [0.3, 0.4) is 0 Å². The van der Waals surface area contributed by atoms with Gasteiger partial charge in [0.2, 0.25) is 0 Å². The lowest BCUT2D eigenvalue weighted by Gasteiger charge is -2.29. The van der Waals surface area contributed by atoms with E-state index in [1.165, 1.54) is 12.8 Å². The topological polar surface area (TPSA) is 59.4 Å². The second kappa shape index (κ2) is 8.52. The minimum absolute atomic E-state index is 0.0162. The number of nitrogens with one attached hydrogen (secondary N) is 1. The standard InChI is InChI=1S/C20H26N4O2S/c1-14(2)23-12-6-9-16(23)19-18(15-8-4-5-11-21-15)22-20(27)24(19)13-7-10-17(25)26-3/h4-6,8-9,11-12,14,18-19H,7,10,13H2,1-3H3,(H,22,27)/t18-,19+/m0/s1. The highest BCUT2D eigenvalue weighted by Crippen LogP contribution is 2.39. The lowest BCUT2D eigenvalue weighted by Crippen LogP contribution is -2.32. The fraction of sp³-hybridized carbons (Fsp3) is 0.450. The van der Waals surface area contributed by atoms with Gasteiger partial charge in [-0.3, -0.25) is 9.78 Å². The van der Waals surface area contributed by atoms with E-state index in [4.69, 9.17) is 17.0 Å². The summed E-state index contributed by atoms with van der Waals surface area (Å²) in [6, 6.07) is 10.5. The highest BCUT2D eigenvalue weighted by molar-refractivity contribution is 7.80. The van der Waals surface area contributed by atoms with Crippen molar-refractivity contribution in [2.24, 2.45) is 0 Å². The van der Waals surface area contributed by atoms with Crippen LogP contribution >= 0.6 is 12.2 Å². The Balaban J connectivity index is 1.92. The highest BCUT2D eigenvalue weighted by Gasteiger charge is 2.40. The smallest absolute Gasteiger partial charge is 0.305 e. The van der Waals surface area contributed by atoms with Crippen molar-refractivity contribution in [1.82, 2.24) is 19.8 Å². The maximum absolute atomic E-state index is 11.5. The number of carbonyl (C=O) groups is 1. The third kappa shape index (κ3) is 4.13. The molecule has 1 aliphatic heterocycles. The minimum Gasteiger partial charge on any atom is -0.469 e. The molecule has 27 heavy (non-hydrogen) atoms. The van der Waals surface area contributed by atoms with Crippen LogP contribution in [0.4, 0.5) is 0 Å². The minimum atomic E-state index is -0.198. The predicted molar refractivity (Wildman–Crippen MR) is 108 cm³/mol. The second-order valence-electron chi connectivity index (χ2n) is 6.93. The quantitative estimate of drug-likeness (QED) is 0.581. The van der Waals surface area contributed by atoms with Crippen LogP contribution in [0.5, 0.6) is 0 Å². The summed E-state index contributed by atoms with van der Waals surface area (Å²) in [5.74, 6) is -0.198. The van der Waals surface area contributed by atoms with Crippen molar-refractivity contribution in [2.75, 3.05) is 13.7 Å². The van der Waals surface area contributed by atoms with Crippen LogP contribution in [0.25, 0.3) is 0 Å². The number of hydrogen-bond donors (Lipinski definition) is 1. The van der Waals surface area contributed by atoms with Gasteiger partial charge in [0.05, 0.1) is 24.9 Å². The van der Waals surface area contributed by atoms with Crippen molar-refractivity contribution < 1.29 is 9.53 Å². The van der Waals surface area contributed by atoms with Crippen molar-refractivity contribution >= 4 is 23.3 Å². The lowest BCUT2D eigenvalue weighted by atomic mass is 10.0. The molecule has 2 aromatic heterocycles. The molecule has 0 saturated carbocycles. The molecule has 0 aliphatic carbocycles. The van der Waals surface area contributed by atoms with Gasteiger partial charge in [-0.25, -0.2) is 0 Å². The van der Waals surface area contributed by atoms with Crippen molar-refractivity contribution in [3.63, 3.8) is 0 Å². The molecule has 3 heterocycles. The monoisotopic (exact) mass is 386 g/mol. The zero-order chi connectivity index (χ0) is 19.4. The third-order valence-electron chi connectivity index (χ3n) is 4.88. The molecule has 144 valence electrons. The number of rotatable bonds is 7. The molecule has 1 N–H and O–H groups in total. The molecule has 1 aliphatic rings. The summed E-state index contributed by atoms with van der Waals surface area (Å²) in [5.41, 5.74) is 2.14. The van der Waals surface area contributed by atoms with Gasteiger partial charge in [-0.05, 0) is 56.8 Å². The molecule has 3 rings (SSSR count). The Hall–Kier alpha value is -2.41. The zero-order valence-corrected chi connectivity index (χ0v) is 16.8. The lowest BCUT2D eigenvalue weighted by molar-refractivity contribution is -0.140. The number of esters is 1. The number of ether oxygens (including phenoxy) is 1.